The standard InChI is InChI=1S/C26H29N3OS/c1-6-20-10-12-22(13-11-20)27-26-28-25(30)24(31-26)15-21-14-17(3)29(19(21)5)23-9-7-8-16(2)18(23)4/h7-15,26-27H,6H2,1-5H3,(H,28,30)/b24-15-/t26-/m0/s1. The first-order chi connectivity index (χ1) is 14.9. The Morgan fingerprint density at radius 3 is 2.55 bits per heavy atom. The fourth-order valence-electron chi connectivity index (χ4n) is 3.98. The summed E-state index contributed by atoms with van der Waals surface area (Å²) >= 11 is 1.52. The van der Waals surface area contributed by atoms with Crippen LogP contribution in [0, 0.1) is 27.7 Å². The molecule has 1 saturated heterocycles. The zero-order valence-corrected chi connectivity index (χ0v) is 19.6. The van der Waals surface area contributed by atoms with Crippen LogP contribution >= 0.6 is 11.8 Å². The third-order valence-electron chi connectivity index (χ3n) is 5.96. The number of rotatable bonds is 5. The van der Waals surface area contributed by atoms with Crippen molar-refractivity contribution < 1.29 is 4.79 Å². The molecule has 1 aliphatic rings. The number of benzene rings is 2. The molecule has 1 aliphatic heterocycles. The van der Waals surface area contributed by atoms with Crippen molar-refractivity contribution in [3.8, 4) is 5.69 Å². The summed E-state index contributed by atoms with van der Waals surface area (Å²) in [4.78, 5) is 13.3. The number of hydrogen-bond acceptors (Lipinski definition) is 3. The van der Waals surface area contributed by atoms with Gasteiger partial charge in [-0.1, -0.05) is 43.0 Å². The average Bonchev–Trinajstić information content (AvgIpc) is 3.23. The largest absolute Gasteiger partial charge is 0.357 e. The molecule has 1 atom stereocenters. The maximum Gasteiger partial charge on any atom is 0.260 e. The van der Waals surface area contributed by atoms with Crippen LogP contribution in [0.15, 0.2) is 53.4 Å². The number of anilines is 1. The van der Waals surface area contributed by atoms with Gasteiger partial charge in [-0.05, 0) is 86.7 Å². The lowest BCUT2D eigenvalue weighted by atomic mass is 10.1. The van der Waals surface area contributed by atoms with E-state index in [0.717, 1.165) is 34.0 Å². The quantitative estimate of drug-likeness (QED) is 0.497. The van der Waals surface area contributed by atoms with Crippen molar-refractivity contribution in [1.29, 1.82) is 0 Å². The monoisotopic (exact) mass is 431 g/mol. The van der Waals surface area contributed by atoms with Crippen LogP contribution in [0.4, 0.5) is 5.69 Å². The molecular formula is C26H29N3OS. The second-order valence-electron chi connectivity index (χ2n) is 8.06. The first-order valence-electron chi connectivity index (χ1n) is 10.7. The van der Waals surface area contributed by atoms with Gasteiger partial charge in [0.05, 0.1) is 4.91 Å². The second-order valence-corrected chi connectivity index (χ2v) is 9.20. The fraction of sp³-hybridized carbons (Fsp3) is 0.269. The zero-order chi connectivity index (χ0) is 22.1. The molecule has 2 heterocycles. The lowest BCUT2D eigenvalue weighted by molar-refractivity contribution is -0.116. The van der Waals surface area contributed by atoms with Gasteiger partial charge in [0.15, 0.2) is 5.50 Å². The summed E-state index contributed by atoms with van der Waals surface area (Å²) in [5.74, 6) is -0.0378. The van der Waals surface area contributed by atoms with E-state index < -0.39 is 0 Å². The molecule has 0 bridgehead atoms. The molecule has 0 radical (unpaired) electrons. The van der Waals surface area contributed by atoms with Crippen molar-refractivity contribution in [3.63, 3.8) is 0 Å². The molecule has 31 heavy (non-hydrogen) atoms. The zero-order valence-electron chi connectivity index (χ0n) is 18.7. The number of nitrogens with zero attached hydrogens (tertiary/aromatic N) is 1. The Labute approximate surface area is 188 Å². The van der Waals surface area contributed by atoms with Gasteiger partial charge in [-0.15, -0.1) is 0 Å². The van der Waals surface area contributed by atoms with E-state index in [4.69, 9.17) is 0 Å². The molecule has 1 aromatic heterocycles. The Kier molecular flexibility index (Phi) is 5.96. The summed E-state index contributed by atoms with van der Waals surface area (Å²) in [6.07, 6.45) is 3.02. The molecule has 160 valence electrons. The summed E-state index contributed by atoms with van der Waals surface area (Å²) in [5, 5.41) is 6.42. The van der Waals surface area contributed by atoms with Gasteiger partial charge in [0.2, 0.25) is 0 Å². The van der Waals surface area contributed by atoms with Crippen LogP contribution in [0.25, 0.3) is 11.8 Å². The average molecular weight is 432 g/mol. The van der Waals surface area contributed by atoms with Crippen LogP contribution in [0.3, 0.4) is 0 Å². The number of carbonyl (C=O) groups is 1. The van der Waals surface area contributed by atoms with E-state index in [1.807, 2.05) is 6.08 Å². The van der Waals surface area contributed by atoms with Gasteiger partial charge in [0, 0.05) is 22.8 Å². The number of amides is 1. The number of aryl methyl sites for hydroxylation is 3. The number of nitrogens with one attached hydrogen (secondary N) is 2. The molecule has 0 aliphatic carbocycles. The van der Waals surface area contributed by atoms with Crippen LogP contribution in [0.1, 0.15) is 40.6 Å². The molecule has 0 spiro atoms. The van der Waals surface area contributed by atoms with Crippen molar-refractivity contribution in [2.45, 2.75) is 46.5 Å². The minimum Gasteiger partial charge on any atom is -0.357 e. The van der Waals surface area contributed by atoms with Crippen LogP contribution in [0.5, 0.6) is 0 Å². The Balaban J connectivity index is 1.57. The van der Waals surface area contributed by atoms with E-state index in [0.29, 0.717) is 0 Å². The van der Waals surface area contributed by atoms with Crippen molar-refractivity contribution in [3.05, 3.63) is 87.1 Å². The van der Waals surface area contributed by atoms with Crippen LogP contribution < -0.4 is 10.6 Å². The van der Waals surface area contributed by atoms with Crippen LogP contribution in [0.2, 0.25) is 0 Å². The molecule has 1 amide bonds. The SMILES string of the molecule is CCc1ccc(N[C@H]2NC(=O)/C(=C/c3cc(C)n(-c4cccc(C)c4C)c3C)S2)cc1. The summed E-state index contributed by atoms with van der Waals surface area (Å²) in [6.45, 7) is 10.7. The molecule has 0 saturated carbocycles. The topological polar surface area (TPSA) is 46.1 Å². The number of carbonyl (C=O) groups excluding carboxylic acids is 1. The third kappa shape index (κ3) is 4.28. The van der Waals surface area contributed by atoms with Crippen molar-refractivity contribution in [1.82, 2.24) is 9.88 Å². The first-order valence-corrected chi connectivity index (χ1v) is 11.6. The number of aromatic nitrogens is 1. The van der Waals surface area contributed by atoms with Crippen LogP contribution in [-0.2, 0) is 11.2 Å². The maximum absolute atomic E-state index is 12.6. The molecular weight excluding hydrogens is 402 g/mol. The highest BCUT2D eigenvalue weighted by molar-refractivity contribution is 8.05. The lowest BCUT2D eigenvalue weighted by Crippen LogP contribution is -2.30. The van der Waals surface area contributed by atoms with Gasteiger partial charge >= 0.3 is 0 Å². The highest BCUT2D eigenvalue weighted by atomic mass is 32.2. The molecule has 5 heteroatoms. The summed E-state index contributed by atoms with van der Waals surface area (Å²) < 4.78 is 2.28. The van der Waals surface area contributed by atoms with E-state index in [9.17, 15) is 4.79 Å². The van der Waals surface area contributed by atoms with E-state index in [1.165, 1.54) is 34.1 Å². The maximum atomic E-state index is 12.6. The van der Waals surface area contributed by atoms with E-state index in [2.05, 4.69) is 98.4 Å². The van der Waals surface area contributed by atoms with E-state index in [1.54, 1.807) is 0 Å². The minimum absolute atomic E-state index is 0.0378. The third-order valence-corrected chi connectivity index (χ3v) is 6.99. The predicted octanol–water partition coefficient (Wildman–Crippen LogP) is 5.87. The summed E-state index contributed by atoms with van der Waals surface area (Å²) in [5.41, 5.74) is 9.24. The van der Waals surface area contributed by atoms with Gasteiger partial charge in [-0.25, -0.2) is 0 Å². The Morgan fingerprint density at radius 2 is 1.84 bits per heavy atom. The van der Waals surface area contributed by atoms with Crippen molar-refractivity contribution in [2.75, 3.05) is 5.32 Å². The Hall–Kier alpha value is -2.92. The van der Waals surface area contributed by atoms with Gasteiger partial charge in [0.1, 0.15) is 0 Å². The van der Waals surface area contributed by atoms with Crippen molar-refractivity contribution >= 4 is 29.4 Å². The van der Waals surface area contributed by atoms with Crippen LogP contribution in [-0.4, -0.2) is 16.0 Å². The normalized spacial score (nSPS) is 17.3. The van der Waals surface area contributed by atoms with Gasteiger partial charge in [-0.2, -0.15) is 0 Å². The molecule has 2 N–H and O–H groups in total. The fourth-order valence-corrected chi connectivity index (χ4v) is 4.95. The van der Waals surface area contributed by atoms with Gasteiger partial charge in [-0.3, -0.25) is 4.79 Å². The minimum atomic E-state index is -0.172. The molecule has 0 unspecified atom stereocenters. The lowest BCUT2D eigenvalue weighted by Gasteiger charge is -2.14. The van der Waals surface area contributed by atoms with Gasteiger partial charge < -0.3 is 15.2 Å². The highest BCUT2D eigenvalue weighted by Gasteiger charge is 2.27. The molecule has 4 nitrogen and oxygen atoms in total. The second kappa shape index (κ2) is 8.67. The smallest absolute Gasteiger partial charge is 0.260 e. The number of thioether (sulfide) groups is 1. The molecule has 3 aromatic rings. The summed E-state index contributed by atoms with van der Waals surface area (Å²) in [7, 11) is 0. The Bertz CT molecular complexity index is 1160. The van der Waals surface area contributed by atoms with E-state index >= 15 is 0 Å². The Morgan fingerprint density at radius 1 is 1.10 bits per heavy atom. The highest BCUT2D eigenvalue weighted by Crippen LogP contribution is 2.32. The molecule has 1 fully saturated rings. The first kappa shape index (κ1) is 21.3. The molecule has 2 aromatic carbocycles. The van der Waals surface area contributed by atoms with Crippen molar-refractivity contribution in [2.24, 2.45) is 0 Å². The molecule has 4 rings (SSSR count). The summed E-state index contributed by atoms with van der Waals surface area (Å²) in [6, 6.07) is 16.9. The van der Waals surface area contributed by atoms with E-state index in [-0.39, 0.29) is 11.4 Å². The van der Waals surface area contributed by atoms with Gasteiger partial charge in [0.25, 0.3) is 5.91 Å². The number of hydrogen-bond donors (Lipinski definition) is 2. The predicted molar refractivity (Wildman–Crippen MR) is 132 cm³/mol.